The number of ether oxygens (including phenoxy) is 2. The Bertz CT molecular complexity index is 1120. The van der Waals surface area contributed by atoms with Crippen molar-refractivity contribution in [3.63, 3.8) is 0 Å². The molecule has 5 rings (SSSR count). The number of hydrogen-bond donors (Lipinski definition) is 1. The molecule has 1 unspecified atom stereocenters. The van der Waals surface area contributed by atoms with Crippen LogP contribution in [0.3, 0.4) is 0 Å². The molecule has 0 saturated carbocycles. The molecule has 40 heavy (non-hydrogen) atoms. The Morgan fingerprint density at radius 1 is 1.20 bits per heavy atom. The predicted octanol–water partition coefficient (Wildman–Crippen LogP) is 5.35. The molecule has 0 spiro atoms. The van der Waals surface area contributed by atoms with Gasteiger partial charge in [-0.15, -0.1) is 6.58 Å². The van der Waals surface area contributed by atoms with Crippen LogP contribution in [0.2, 0.25) is 6.04 Å². The first-order valence-corrected chi connectivity index (χ1v) is 16.6. The van der Waals surface area contributed by atoms with Crippen LogP contribution in [0.4, 0.5) is 4.79 Å². The minimum atomic E-state index is -2.76. The van der Waals surface area contributed by atoms with Gasteiger partial charge in [0.05, 0.1) is 18.7 Å². The quantitative estimate of drug-likeness (QED) is 0.174. The van der Waals surface area contributed by atoms with Gasteiger partial charge in [0, 0.05) is 56.1 Å². The van der Waals surface area contributed by atoms with Gasteiger partial charge in [0.25, 0.3) is 0 Å². The molecule has 1 N–H and O–H groups in total. The summed E-state index contributed by atoms with van der Waals surface area (Å²) in [6.45, 7) is 13.8. The number of carbonyl (C=O) groups excluding carboxylic acids is 1. The summed E-state index contributed by atoms with van der Waals surface area (Å²) in [4.78, 5) is 20.3. The van der Waals surface area contributed by atoms with E-state index in [0.717, 1.165) is 48.1 Å². The van der Waals surface area contributed by atoms with Gasteiger partial charge in [-0.1, -0.05) is 6.08 Å². The summed E-state index contributed by atoms with van der Waals surface area (Å²) in [6.07, 6.45) is 5.75. The fourth-order valence-corrected chi connectivity index (χ4v) is 8.83. The molecule has 9 nitrogen and oxygen atoms in total. The number of rotatable bonds is 15. The second-order valence-electron chi connectivity index (χ2n) is 10.4. The van der Waals surface area contributed by atoms with Crippen molar-refractivity contribution in [2.75, 3.05) is 46.6 Å². The van der Waals surface area contributed by atoms with Gasteiger partial charge in [-0.2, -0.15) is 0 Å². The van der Waals surface area contributed by atoms with Gasteiger partial charge in [0.1, 0.15) is 11.9 Å². The van der Waals surface area contributed by atoms with Crippen molar-refractivity contribution in [2.45, 2.75) is 58.2 Å². The molecule has 220 valence electrons. The molecule has 0 radical (unpaired) electrons. The molecule has 1 amide bonds. The van der Waals surface area contributed by atoms with Gasteiger partial charge in [-0.25, -0.2) is 4.79 Å². The first kappa shape index (κ1) is 30.5. The van der Waals surface area contributed by atoms with Gasteiger partial charge in [0.2, 0.25) is 0 Å². The Kier molecular flexibility index (Phi) is 11.0. The summed E-state index contributed by atoms with van der Waals surface area (Å²) in [5.41, 5.74) is 1.79. The summed E-state index contributed by atoms with van der Waals surface area (Å²) in [5.74, 6) is 1.75. The minimum Gasteiger partial charge on any atom is -0.497 e. The zero-order valence-corrected chi connectivity index (χ0v) is 25.4. The number of methoxy groups -OCH3 is 1. The van der Waals surface area contributed by atoms with Gasteiger partial charge in [-0.3, -0.25) is 9.88 Å². The molecule has 3 fully saturated rings. The first-order chi connectivity index (χ1) is 19.5. The smallest absolute Gasteiger partial charge is 0.497 e. The van der Waals surface area contributed by atoms with E-state index >= 15 is 0 Å². The number of nitrogens with one attached hydrogen (secondary N) is 1. The average Bonchev–Trinajstić information content (AvgIpc) is 2.98. The fourth-order valence-electron chi connectivity index (χ4n) is 6.22. The van der Waals surface area contributed by atoms with Crippen LogP contribution in [-0.2, 0) is 18.0 Å². The molecule has 0 aliphatic carbocycles. The highest BCUT2D eigenvalue weighted by molar-refractivity contribution is 6.60. The molecule has 2 aromatic rings. The van der Waals surface area contributed by atoms with Crippen LogP contribution in [0, 0.1) is 11.8 Å². The van der Waals surface area contributed by atoms with Crippen molar-refractivity contribution in [1.82, 2.24) is 15.2 Å². The van der Waals surface area contributed by atoms with Gasteiger partial charge >= 0.3 is 14.9 Å². The largest absolute Gasteiger partial charge is 0.500 e. The number of nitrogens with zero attached hydrogens (tertiary/aromatic N) is 2. The maximum atomic E-state index is 13.3. The second-order valence-corrected chi connectivity index (χ2v) is 13.1. The van der Waals surface area contributed by atoms with Crippen LogP contribution in [0.1, 0.15) is 51.7 Å². The van der Waals surface area contributed by atoms with E-state index in [1.807, 2.05) is 45.0 Å². The van der Waals surface area contributed by atoms with E-state index in [1.165, 1.54) is 0 Å². The third kappa shape index (κ3) is 7.03. The Morgan fingerprint density at radius 3 is 2.58 bits per heavy atom. The molecular weight excluding hydrogens is 526 g/mol. The Balaban J connectivity index is 1.51. The number of hydrogen-bond acceptors (Lipinski definition) is 8. The Morgan fingerprint density at radius 2 is 1.95 bits per heavy atom. The van der Waals surface area contributed by atoms with E-state index in [9.17, 15) is 4.79 Å². The summed E-state index contributed by atoms with van der Waals surface area (Å²) in [6, 6.07) is 8.50. The molecule has 5 atom stereocenters. The van der Waals surface area contributed by atoms with Crippen LogP contribution < -0.4 is 10.1 Å². The van der Waals surface area contributed by atoms with Crippen molar-refractivity contribution in [2.24, 2.45) is 11.8 Å². The van der Waals surface area contributed by atoms with Crippen LogP contribution >= 0.6 is 0 Å². The van der Waals surface area contributed by atoms with Crippen LogP contribution in [-0.4, -0.2) is 77.4 Å². The third-order valence-corrected chi connectivity index (χ3v) is 11.2. The molecule has 1 aromatic carbocycles. The molecule has 3 saturated heterocycles. The number of amides is 1. The lowest BCUT2D eigenvalue weighted by Crippen LogP contribution is -2.55. The summed E-state index contributed by atoms with van der Waals surface area (Å²) >= 11 is 0. The first-order valence-electron chi connectivity index (χ1n) is 14.6. The SMILES string of the molecule is C=C[C@H]1CN2CC[C@H]1C[C@@H]2[C@@H](OC(=O)NCCC[Si](OCC)(OCC)OCC)c1ccnc2ccc(OC)cc12. The number of pyridine rings is 1. The zero-order chi connectivity index (χ0) is 28.5. The second kappa shape index (κ2) is 14.4. The van der Waals surface area contributed by atoms with Crippen molar-refractivity contribution in [3.05, 3.63) is 48.7 Å². The summed E-state index contributed by atoms with van der Waals surface area (Å²) in [7, 11) is -1.11. The van der Waals surface area contributed by atoms with E-state index in [-0.39, 0.29) is 6.04 Å². The van der Waals surface area contributed by atoms with E-state index < -0.39 is 21.0 Å². The maximum Gasteiger partial charge on any atom is 0.500 e. The number of aromatic nitrogens is 1. The molecular formula is C30H45N3O6Si. The molecule has 3 aliphatic rings. The topological polar surface area (TPSA) is 91.4 Å². The highest BCUT2D eigenvalue weighted by Gasteiger charge is 2.44. The van der Waals surface area contributed by atoms with E-state index in [4.69, 9.17) is 22.8 Å². The van der Waals surface area contributed by atoms with Crippen LogP contribution in [0.5, 0.6) is 5.75 Å². The number of piperidine rings is 3. The molecule has 4 heterocycles. The lowest BCUT2D eigenvalue weighted by atomic mass is 9.73. The standard InChI is InChI=1S/C30H45N3O6Si/c1-6-22-21-33-17-14-23(22)19-28(33)29(25-13-16-31-27-12-11-24(35-5)20-26(25)27)39-30(34)32-15-10-18-40(36-7-2,37-8-3)38-9-4/h6,11-13,16,20,22-23,28-29H,1,7-10,14-15,17-19,21H2,2-5H3,(H,32,34)/t22-,23-,28+,29-/m0/s1. The van der Waals surface area contributed by atoms with Crippen molar-refractivity contribution < 1.29 is 27.5 Å². The van der Waals surface area contributed by atoms with Gasteiger partial charge < -0.3 is 28.1 Å². The highest BCUT2D eigenvalue weighted by Crippen LogP contribution is 2.43. The average molecular weight is 572 g/mol. The monoisotopic (exact) mass is 571 g/mol. The van der Waals surface area contributed by atoms with E-state index in [1.54, 1.807) is 13.3 Å². The molecule has 2 bridgehead atoms. The number of alkyl carbamates (subject to hydrolysis) is 1. The molecule has 1 aromatic heterocycles. The van der Waals surface area contributed by atoms with E-state index in [0.29, 0.717) is 50.7 Å². The fraction of sp³-hybridized carbons (Fsp3) is 0.600. The lowest BCUT2D eigenvalue weighted by Gasteiger charge is -2.51. The Hall–Kier alpha value is -2.50. The van der Waals surface area contributed by atoms with Gasteiger partial charge in [0.15, 0.2) is 0 Å². The van der Waals surface area contributed by atoms with Crippen molar-refractivity contribution >= 4 is 25.8 Å². The highest BCUT2D eigenvalue weighted by atomic mass is 28.4. The lowest BCUT2D eigenvalue weighted by molar-refractivity contribution is -0.0497. The van der Waals surface area contributed by atoms with Crippen LogP contribution in [0.15, 0.2) is 43.1 Å². The summed E-state index contributed by atoms with van der Waals surface area (Å²) in [5, 5.41) is 3.91. The predicted molar refractivity (Wildman–Crippen MR) is 157 cm³/mol. The molecule has 10 heteroatoms. The third-order valence-electron chi connectivity index (χ3n) is 8.05. The van der Waals surface area contributed by atoms with Crippen molar-refractivity contribution in [3.8, 4) is 5.75 Å². The van der Waals surface area contributed by atoms with Crippen LogP contribution in [0.25, 0.3) is 10.9 Å². The van der Waals surface area contributed by atoms with Crippen molar-refractivity contribution in [1.29, 1.82) is 0 Å². The maximum absolute atomic E-state index is 13.3. The number of carbonyl (C=O) groups is 1. The minimum absolute atomic E-state index is 0.0754. The zero-order valence-electron chi connectivity index (χ0n) is 24.4. The number of fused-ring (bicyclic) bond motifs is 4. The normalized spacial score (nSPS) is 23.1. The van der Waals surface area contributed by atoms with E-state index in [2.05, 4.69) is 27.9 Å². The Labute approximate surface area is 239 Å². The summed E-state index contributed by atoms with van der Waals surface area (Å²) < 4.78 is 29.6. The van der Waals surface area contributed by atoms with Gasteiger partial charge in [-0.05, 0) is 82.7 Å². The number of benzene rings is 1. The molecule has 3 aliphatic heterocycles.